The van der Waals surface area contributed by atoms with Gasteiger partial charge in [-0.15, -0.1) is 0 Å². The third kappa shape index (κ3) is 17.1. The van der Waals surface area contributed by atoms with Crippen LogP contribution in [0.2, 0.25) is 0 Å². The van der Waals surface area contributed by atoms with Crippen molar-refractivity contribution in [1.82, 2.24) is 25.5 Å². The van der Waals surface area contributed by atoms with E-state index in [0.29, 0.717) is 6.42 Å². The summed E-state index contributed by atoms with van der Waals surface area (Å²) in [6, 6.07) is 15.6. The third-order valence-corrected chi connectivity index (χ3v) is 6.83. The topological polar surface area (TPSA) is 252 Å². The Morgan fingerprint density at radius 1 is 0.625 bits per heavy atom. The average Bonchev–Trinajstić information content (AvgIpc) is 3.01. The Balaban J connectivity index is 1.90. The molecule has 2 aromatic carbocycles. The summed E-state index contributed by atoms with van der Waals surface area (Å²) in [6.07, 6.45) is 0.357. The second-order valence-corrected chi connectivity index (χ2v) is 10.9. The molecule has 2 aromatic rings. The molecule has 262 valence electrons. The van der Waals surface area contributed by atoms with Gasteiger partial charge in [-0.3, -0.25) is 48.3 Å². The van der Waals surface area contributed by atoms with Crippen LogP contribution < -0.4 is 16.5 Å². The lowest BCUT2D eigenvalue weighted by Crippen LogP contribution is -2.47. The van der Waals surface area contributed by atoms with Gasteiger partial charge in [0.2, 0.25) is 5.91 Å². The maximum atomic E-state index is 12.8. The van der Waals surface area contributed by atoms with Crippen LogP contribution in [0.5, 0.6) is 0 Å². The molecule has 8 N–H and O–H groups in total. The molecule has 0 saturated heterocycles. The fourth-order valence-electron chi connectivity index (χ4n) is 4.47. The number of aliphatic carboxylic acids is 4. The van der Waals surface area contributed by atoms with Crippen molar-refractivity contribution in [3.8, 4) is 0 Å². The summed E-state index contributed by atoms with van der Waals surface area (Å²) < 4.78 is 0. The summed E-state index contributed by atoms with van der Waals surface area (Å²) in [7, 11) is 0. The Bertz CT molecular complexity index is 1290. The van der Waals surface area contributed by atoms with E-state index >= 15 is 0 Å². The first-order valence-electron chi connectivity index (χ1n) is 14.9. The number of amides is 2. The lowest BCUT2D eigenvalue weighted by molar-refractivity contribution is -0.143. The van der Waals surface area contributed by atoms with Crippen LogP contribution in [0, 0.1) is 0 Å². The van der Waals surface area contributed by atoms with Crippen molar-refractivity contribution in [3.05, 3.63) is 71.3 Å². The predicted octanol–water partition coefficient (Wildman–Crippen LogP) is -1.33. The van der Waals surface area contributed by atoms with Crippen LogP contribution in [0.1, 0.15) is 16.7 Å². The first-order valence-corrected chi connectivity index (χ1v) is 14.9. The number of carboxylic acid groups (broad SMARTS) is 4. The van der Waals surface area contributed by atoms with E-state index in [1.54, 1.807) is 29.2 Å². The predicted molar refractivity (Wildman–Crippen MR) is 169 cm³/mol. The smallest absolute Gasteiger partial charge is 0.317 e. The number of nitrogens with one attached hydrogen (secondary N) is 2. The Morgan fingerprint density at radius 3 is 1.56 bits per heavy atom. The fraction of sp³-hybridized carbons (Fsp3) is 0.419. The van der Waals surface area contributed by atoms with Crippen molar-refractivity contribution in [2.75, 3.05) is 58.9 Å². The first-order chi connectivity index (χ1) is 22.8. The molecule has 1 atom stereocenters. The molecule has 48 heavy (non-hydrogen) atoms. The molecule has 0 spiro atoms. The summed E-state index contributed by atoms with van der Waals surface area (Å²) in [5.74, 6) is -5.83. The zero-order valence-electron chi connectivity index (χ0n) is 26.3. The highest BCUT2D eigenvalue weighted by Crippen LogP contribution is 2.06. The van der Waals surface area contributed by atoms with E-state index in [0.717, 1.165) is 26.5 Å². The second-order valence-electron chi connectivity index (χ2n) is 10.9. The fourth-order valence-corrected chi connectivity index (χ4v) is 4.47. The van der Waals surface area contributed by atoms with Crippen LogP contribution in [0.15, 0.2) is 54.6 Å². The monoisotopic (exact) mass is 674 g/mol. The van der Waals surface area contributed by atoms with Crippen LogP contribution in [0.4, 0.5) is 0 Å². The van der Waals surface area contributed by atoms with E-state index in [9.17, 15) is 28.8 Å². The van der Waals surface area contributed by atoms with Crippen molar-refractivity contribution in [3.63, 3.8) is 0 Å². The molecule has 17 heteroatoms. The molecular formula is C31H42N6O11. The minimum atomic E-state index is -1.24. The molecule has 0 saturated carbocycles. The lowest BCUT2D eigenvalue weighted by Gasteiger charge is -2.28. The van der Waals surface area contributed by atoms with E-state index in [1.165, 1.54) is 0 Å². The Labute approximate surface area is 276 Å². The van der Waals surface area contributed by atoms with Crippen molar-refractivity contribution >= 4 is 35.7 Å². The van der Waals surface area contributed by atoms with Gasteiger partial charge in [-0.2, -0.15) is 0 Å². The highest BCUT2D eigenvalue weighted by Gasteiger charge is 2.20. The summed E-state index contributed by atoms with van der Waals surface area (Å²) >= 11 is 0. The maximum Gasteiger partial charge on any atom is 0.317 e. The standard InChI is InChI=1S/C31H42N6O11/c32-25(14-22-4-2-1-3-5-22)31(47)34-48-21-24-8-6-23(7-9-24)15-33-26(38)16-35(10-12-36(17-27(39)40)18-28(41)42)11-13-37(19-29(43)44)20-30(45)46/h1-9,25H,10-21,32H2,(H,33,38)(H,34,47)(H,39,40)(H,41,42)(H,43,44)(H,45,46). The molecule has 0 radical (unpaired) electrons. The Morgan fingerprint density at radius 2 is 1.08 bits per heavy atom. The molecule has 0 heterocycles. The summed E-state index contributed by atoms with van der Waals surface area (Å²) in [4.78, 5) is 79.0. The van der Waals surface area contributed by atoms with Crippen molar-refractivity contribution in [1.29, 1.82) is 0 Å². The minimum Gasteiger partial charge on any atom is -0.480 e. The van der Waals surface area contributed by atoms with Crippen LogP contribution >= 0.6 is 0 Å². The van der Waals surface area contributed by atoms with E-state index in [1.807, 2.05) is 30.3 Å². The Hall–Kier alpha value is -4.94. The molecule has 17 nitrogen and oxygen atoms in total. The summed E-state index contributed by atoms with van der Waals surface area (Å²) in [6.45, 7) is -2.16. The SMILES string of the molecule is NC(Cc1ccccc1)C(=O)NOCc1ccc(CNC(=O)CN(CCN(CC(=O)O)CC(=O)O)CCN(CC(=O)O)CC(=O)O)cc1. The van der Waals surface area contributed by atoms with Crippen LogP contribution in [0.25, 0.3) is 0 Å². The molecule has 0 aliphatic heterocycles. The van der Waals surface area contributed by atoms with Crippen molar-refractivity contribution in [2.45, 2.75) is 25.6 Å². The van der Waals surface area contributed by atoms with Gasteiger partial charge < -0.3 is 31.5 Å². The van der Waals surface area contributed by atoms with Gasteiger partial charge in [0.15, 0.2) is 0 Å². The number of carbonyl (C=O) groups is 6. The number of hydroxylamine groups is 1. The zero-order valence-corrected chi connectivity index (χ0v) is 26.3. The van der Waals surface area contributed by atoms with Crippen LogP contribution in [-0.2, 0) is 53.2 Å². The van der Waals surface area contributed by atoms with Crippen molar-refractivity contribution < 1.29 is 54.0 Å². The quantitative estimate of drug-likeness (QED) is 0.0637. The molecule has 1 unspecified atom stereocenters. The third-order valence-electron chi connectivity index (χ3n) is 6.83. The number of carbonyl (C=O) groups excluding carboxylic acids is 2. The molecule has 2 rings (SSSR count). The summed E-state index contributed by atoms with van der Waals surface area (Å²) in [5.41, 5.74) is 10.7. The number of hydrogen-bond acceptors (Lipinski definition) is 11. The molecule has 0 bridgehead atoms. The highest BCUT2D eigenvalue weighted by atomic mass is 16.6. The Kier molecular flexibility index (Phi) is 17.2. The van der Waals surface area contributed by atoms with Gasteiger partial charge in [0.25, 0.3) is 5.91 Å². The molecule has 0 aliphatic carbocycles. The summed E-state index contributed by atoms with van der Waals surface area (Å²) in [5, 5.41) is 39.2. The first kappa shape index (κ1) is 39.2. The average molecular weight is 675 g/mol. The normalized spacial score (nSPS) is 11.8. The number of rotatable bonds is 24. The molecule has 0 aliphatic rings. The molecule has 0 fully saturated rings. The maximum absolute atomic E-state index is 12.8. The van der Waals surface area contributed by atoms with Crippen LogP contribution in [0.3, 0.4) is 0 Å². The largest absolute Gasteiger partial charge is 0.480 e. The highest BCUT2D eigenvalue weighted by molar-refractivity contribution is 5.80. The number of carboxylic acids is 4. The van der Waals surface area contributed by atoms with E-state index in [2.05, 4.69) is 10.8 Å². The number of benzene rings is 2. The molecule has 0 aromatic heterocycles. The van der Waals surface area contributed by atoms with Gasteiger partial charge in [0, 0.05) is 32.7 Å². The van der Waals surface area contributed by atoms with Gasteiger partial charge in [0.1, 0.15) is 0 Å². The molecular weight excluding hydrogens is 632 g/mol. The van der Waals surface area contributed by atoms with E-state index in [4.69, 9.17) is 31.0 Å². The number of hydrogen-bond donors (Lipinski definition) is 7. The van der Waals surface area contributed by atoms with E-state index in [-0.39, 0.29) is 45.9 Å². The lowest BCUT2D eigenvalue weighted by atomic mass is 10.1. The minimum absolute atomic E-state index is 0.0350. The second kappa shape index (κ2) is 21.0. The van der Waals surface area contributed by atoms with Gasteiger partial charge in [-0.1, -0.05) is 54.6 Å². The van der Waals surface area contributed by atoms with Gasteiger partial charge >= 0.3 is 23.9 Å². The van der Waals surface area contributed by atoms with Crippen molar-refractivity contribution in [2.24, 2.45) is 5.73 Å². The number of nitrogens with zero attached hydrogens (tertiary/aromatic N) is 3. The van der Waals surface area contributed by atoms with Gasteiger partial charge in [-0.05, 0) is 23.1 Å². The molecule has 2 amide bonds. The van der Waals surface area contributed by atoms with Gasteiger partial charge in [0.05, 0.1) is 45.4 Å². The van der Waals surface area contributed by atoms with Crippen LogP contribution in [-0.4, -0.2) is 136 Å². The zero-order chi connectivity index (χ0) is 35.5. The van der Waals surface area contributed by atoms with E-state index < -0.39 is 67.9 Å². The number of nitrogens with two attached hydrogens (primary N) is 1. The van der Waals surface area contributed by atoms with Gasteiger partial charge in [-0.25, -0.2) is 5.48 Å².